The van der Waals surface area contributed by atoms with Gasteiger partial charge in [-0.1, -0.05) is 48.0 Å². The van der Waals surface area contributed by atoms with Crippen molar-refractivity contribution in [3.05, 3.63) is 0 Å². The summed E-state index contributed by atoms with van der Waals surface area (Å²) >= 11 is 0. The van der Waals surface area contributed by atoms with Gasteiger partial charge in [0.15, 0.2) is 0 Å². The molecule has 0 spiro atoms. The molecule has 10 amide bonds. The number of hydrogen-bond donors (Lipinski definition) is 16. The third kappa shape index (κ3) is 28.5. The largest absolute Gasteiger partial charge is 0.481 e. The Balaban J connectivity index is 5.89. The Morgan fingerprint density at radius 1 is 0.413 bits per heavy atom. The van der Waals surface area contributed by atoms with Crippen LogP contribution >= 0.6 is 0 Å². The van der Waals surface area contributed by atoms with Gasteiger partial charge in [-0.15, -0.1) is 0 Å². The summed E-state index contributed by atoms with van der Waals surface area (Å²) in [5.41, 5.74) is 11.4. The second kappa shape index (κ2) is 34.8. The highest BCUT2D eigenvalue weighted by molar-refractivity contribution is 5.98. The molecule has 30 heteroatoms. The summed E-state index contributed by atoms with van der Waals surface area (Å²) in [6.45, 7) is 8.81. The molecule has 0 saturated heterocycles. The Morgan fingerprint density at radius 3 is 1.39 bits per heavy atom. The Kier molecular flexibility index (Phi) is 31.4. The van der Waals surface area contributed by atoms with Crippen LogP contribution in [0.25, 0.3) is 0 Å². The van der Waals surface area contributed by atoms with Gasteiger partial charge in [0, 0.05) is 12.8 Å². The quantitative estimate of drug-likeness (QED) is 0.0259. The van der Waals surface area contributed by atoms with Crippen LogP contribution in [0.2, 0.25) is 0 Å². The second-order valence-corrected chi connectivity index (χ2v) is 18.6. The summed E-state index contributed by atoms with van der Waals surface area (Å²) in [6.07, 6.45) is -1.97. The lowest BCUT2D eigenvalue weighted by Crippen LogP contribution is -2.60. The molecule has 18 N–H and O–H groups in total. The van der Waals surface area contributed by atoms with Gasteiger partial charge in [-0.05, 0) is 63.3 Å². The van der Waals surface area contributed by atoms with Crippen LogP contribution in [-0.2, 0) is 67.1 Å². The molecule has 0 heterocycles. The van der Waals surface area contributed by atoms with Crippen molar-refractivity contribution in [2.45, 2.75) is 155 Å². The fourth-order valence-electron chi connectivity index (χ4n) is 6.64. The predicted octanol–water partition coefficient (Wildman–Crippen LogP) is -5.15. The number of carboxylic acid groups (broad SMARTS) is 4. The van der Waals surface area contributed by atoms with E-state index in [1.165, 1.54) is 20.8 Å². The smallest absolute Gasteiger partial charge is 0.322 e. The highest BCUT2D eigenvalue weighted by Crippen LogP contribution is 2.10. The predicted molar refractivity (Wildman–Crippen MR) is 262 cm³/mol. The normalized spacial score (nSPS) is 14.2. The van der Waals surface area contributed by atoms with E-state index in [4.69, 9.17) is 16.6 Å². The van der Waals surface area contributed by atoms with Gasteiger partial charge in [-0.3, -0.25) is 67.1 Å². The van der Waals surface area contributed by atoms with Gasteiger partial charge < -0.3 is 85.1 Å². The third-order valence-electron chi connectivity index (χ3n) is 10.8. The first-order chi connectivity index (χ1) is 34.9. The molecule has 0 aliphatic rings. The minimum Gasteiger partial charge on any atom is -0.481 e. The average Bonchev–Trinajstić information content (AvgIpc) is 3.31. The van der Waals surface area contributed by atoms with Crippen molar-refractivity contribution in [1.82, 2.24) is 53.2 Å². The summed E-state index contributed by atoms with van der Waals surface area (Å²) in [5, 5.41) is 60.0. The number of aliphatic carboxylic acids is 4. The lowest BCUT2D eigenvalue weighted by atomic mass is 10.0. The first-order valence-electron chi connectivity index (χ1n) is 24.2. The molecule has 0 rings (SSSR count). The van der Waals surface area contributed by atoms with Crippen LogP contribution < -0.4 is 64.6 Å². The van der Waals surface area contributed by atoms with E-state index in [1.807, 2.05) is 0 Å². The summed E-state index contributed by atoms with van der Waals surface area (Å²) in [7, 11) is 0. The molecule has 0 bridgehead atoms. The number of rotatable bonds is 37. The first-order valence-corrected chi connectivity index (χ1v) is 24.2. The molecule has 75 heavy (non-hydrogen) atoms. The maximum Gasteiger partial charge on any atom is 0.322 e. The number of nitrogens with one attached hydrogen (secondary N) is 10. The minimum absolute atomic E-state index is 0.0973. The van der Waals surface area contributed by atoms with Crippen LogP contribution in [0.15, 0.2) is 0 Å². The zero-order valence-electron chi connectivity index (χ0n) is 43.2. The Bertz CT molecular complexity index is 2040. The van der Waals surface area contributed by atoms with E-state index in [9.17, 15) is 82.4 Å². The van der Waals surface area contributed by atoms with Crippen LogP contribution in [0, 0.1) is 17.8 Å². The van der Waals surface area contributed by atoms with Gasteiger partial charge >= 0.3 is 23.9 Å². The van der Waals surface area contributed by atoms with Crippen molar-refractivity contribution in [3.63, 3.8) is 0 Å². The van der Waals surface area contributed by atoms with E-state index in [-0.39, 0.29) is 18.8 Å². The molecule has 8 atom stereocenters. The van der Waals surface area contributed by atoms with Gasteiger partial charge in [0.2, 0.25) is 59.1 Å². The Labute approximate surface area is 432 Å². The van der Waals surface area contributed by atoms with Crippen LogP contribution in [0.4, 0.5) is 0 Å². The molecular weight excluding hydrogens is 997 g/mol. The molecular formula is C45H76N12O18. The van der Waals surface area contributed by atoms with Crippen molar-refractivity contribution < 1.29 is 87.5 Å². The van der Waals surface area contributed by atoms with Gasteiger partial charge in [0.25, 0.3) is 0 Å². The monoisotopic (exact) mass is 1070 g/mol. The Hall–Kier alpha value is -7.50. The number of hydrogen-bond acceptors (Lipinski definition) is 16. The standard InChI is InChI=1S/C45H76N12O18/c1-21(2)16-28(40(70)50-20-35(66)67)54-38(68)24(7)51-41(71)26(11-13-32(60)61)52-31(59)19-48-30(58)18-49-44(74)36(22(3)4)57-42(72)27(12-14-33(62)63)53-43(73)29(17-34(64)65)55-45(75)37(23(5)6)56-39(69)25(47)10-8-9-15-46/h21-29,36-37H,8-20,46-47H2,1-7H3,(H,48,58)(H,49,74)(H,50,70)(H,51,71)(H,52,59)(H,53,73)(H,54,68)(H,55,75)(H,56,69)(H,57,72)(H,60,61)(H,62,63)(H,64,65)(H,66,67). The van der Waals surface area contributed by atoms with Crippen molar-refractivity contribution in [3.8, 4) is 0 Å². The van der Waals surface area contributed by atoms with Crippen molar-refractivity contribution >= 4 is 82.9 Å². The van der Waals surface area contributed by atoms with E-state index in [2.05, 4.69) is 53.2 Å². The molecule has 30 nitrogen and oxygen atoms in total. The lowest BCUT2D eigenvalue weighted by Gasteiger charge is -2.28. The number of amides is 10. The molecule has 424 valence electrons. The van der Waals surface area contributed by atoms with Gasteiger partial charge in [-0.25, -0.2) is 0 Å². The summed E-state index contributed by atoms with van der Waals surface area (Å²) < 4.78 is 0. The molecule has 0 aromatic carbocycles. The Morgan fingerprint density at radius 2 is 0.880 bits per heavy atom. The molecule has 0 aromatic rings. The highest BCUT2D eigenvalue weighted by atomic mass is 16.4. The van der Waals surface area contributed by atoms with Gasteiger partial charge in [-0.2, -0.15) is 0 Å². The number of carboxylic acids is 4. The van der Waals surface area contributed by atoms with E-state index >= 15 is 0 Å². The highest BCUT2D eigenvalue weighted by Gasteiger charge is 2.35. The molecule has 0 aromatic heterocycles. The molecule has 0 aliphatic carbocycles. The molecule has 0 fully saturated rings. The molecule has 0 saturated carbocycles. The maximum absolute atomic E-state index is 13.6. The fraction of sp³-hybridized carbons (Fsp3) is 0.689. The van der Waals surface area contributed by atoms with Crippen molar-refractivity contribution in [2.24, 2.45) is 29.2 Å². The number of carbonyl (C=O) groups is 14. The third-order valence-corrected chi connectivity index (χ3v) is 10.8. The van der Waals surface area contributed by atoms with Crippen molar-refractivity contribution in [1.29, 1.82) is 0 Å². The van der Waals surface area contributed by atoms with Crippen LogP contribution in [0.5, 0.6) is 0 Å². The number of nitrogens with two attached hydrogens (primary N) is 2. The average molecular weight is 1070 g/mol. The van der Waals surface area contributed by atoms with Gasteiger partial charge in [0.1, 0.15) is 48.8 Å². The topological polar surface area (TPSA) is 492 Å². The fourth-order valence-corrected chi connectivity index (χ4v) is 6.64. The van der Waals surface area contributed by atoms with E-state index in [0.717, 1.165) is 0 Å². The van der Waals surface area contributed by atoms with E-state index < -0.39 is 195 Å². The van der Waals surface area contributed by atoms with Crippen LogP contribution in [0.1, 0.15) is 106 Å². The zero-order chi connectivity index (χ0) is 57.7. The number of unbranched alkanes of at least 4 members (excludes halogenated alkanes) is 1. The lowest BCUT2D eigenvalue weighted by molar-refractivity contribution is -0.142. The van der Waals surface area contributed by atoms with Crippen molar-refractivity contribution in [2.75, 3.05) is 26.2 Å². The second-order valence-electron chi connectivity index (χ2n) is 18.6. The van der Waals surface area contributed by atoms with E-state index in [1.54, 1.807) is 27.7 Å². The number of carbonyl (C=O) groups excluding carboxylic acids is 10. The molecule has 0 aliphatic heterocycles. The SMILES string of the molecule is CC(C)CC(NC(=O)C(C)NC(=O)C(CCC(=O)O)NC(=O)CNC(=O)CNC(=O)C(NC(=O)C(CCC(=O)O)NC(=O)C(CC(=O)O)NC(=O)C(NC(=O)C(N)CCCCN)C(C)C)C(C)C)C(=O)NCC(=O)O. The first kappa shape index (κ1) is 67.5. The minimum atomic E-state index is -1.86. The molecule has 0 radical (unpaired) electrons. The molecule has 8 unspecified atom stereocenters. The summed E-state index contributed by atoms with van der Waals surface area (Å²) in [6, 6.07) is -11.5. The summed E-state index contributed by atoms with van der Waals surface area (Å²) in [4.78, 5) is 177. The van der Waals surface area contributed by atoms with Gasteiger partial charge in [0.05, 0.1) is 25.6 Å². The zero-order valence-corrected chi connectivity index (χ0v) is 43.2. The van der Waals surface area contributed by atoms with Crippen LogP contribution in [-0.4, -0.2) is 178 Å². The van der Waals surface area contributed by atoms with Crippen LogP contribution in [0.3, 0.4) is 0 Å². The maximum atomic E-state index is 13.6. The van der Waals surface area contributed by atoms with E-state index in [0.29, 0.717) is 19.4 Å². The summed E-state index contributed by atoms with van der Waals surface area (Å²) in [5.74, 6) is -16.8.